The zero-order valence-corrected chi connectivity index (χ0v) is 14.7. The Morgan fingerprint density at radius 2 is 2.27 bits per heavy atom. The van der Waals surface area contributed by atoms with Crippen molar-refractivity contribution in [1.82, 2.24) is 4.98 Å². The molecule has 1 aromatic carbocycles. The summed E-state index contributed by atoms with van der Waals surface area (Å²) in [7, 11) is 1.21. The molecule has 2 aromatic rings. The Hall–Kier alpha value is -2.45. The van der Waals surface area contributed by atoms with Gasteiger partial charge in [-0.25, -0.2) is 4.79 Å². The molecule has 2 heterocycles. The third-order valence-electron chi connectivity index (χ3n) is 4.46. The number of esters is 1. The van der Waals surface area contributed by atoms with Crippen molar-refractivity contribution >= 4 is 22.6 Å². The number of fused-ring (bicyclic) bond motifs is 1. The van der Waals surface area contributed by atoms with Crippen LogP contribution in [0.1, 0.15) is 41.7 Å². The molecule has 1 saturated heterocycles. The van der Waals surface area contributed by atoms with Crippen LogP contribution in [0.25, 0.3) is 10.9 Å². The van der Waals surface area contributed by atoms with Gasteiger partial charge in [0.2, 0.25) is 0 Å². The van der Waals surface area contributed by atoms with Gasteiger partial charge in [-0.1, -0.05) is 0 Å². The molecule has 8 heteroatoms. The Morgan fingerprint density at radius 1 is 1.42 bits per heavy atom. The van der Waals surface area contributed by atoms with Crippen molar-refractivity contribution in [2.45, 2.75) is 38.4 Å². The average molecular weight is 362 g/mol. The number of ether oxygens (including phenoxy) is 3. The van der Waals surface area contributed by atoms with Crippen molar-refractivity contribution in [3.8, 4) is 0 Å². The van der Waals surface area contributed by atoms with Crippen LogP contribution in [-0.4, -0.2) is 42.5 Å². The van der Waals surface area contributed by atoms with Crippen LogP contribution in [0.15, 0.2) is 18.2 Å². The molecule has 8 nitrogen and oxygen atoms in total. The van der Waals surface area contributed by atoms with Gasteiger partial charge < -0.3 is 19.2 Å². The summed E-state index contributed by atoms with van der Waals surface area (Å²) in [5.74, 6) is -0.717. The Labute approximate surface area is 150 Å². The number of nitro groups is 1. The van der Waals surface area contributed by atoms with E-state index in [9.17, 15) is 14.9 Å². The number of hydrogen-bond acceptors (Lipinski definition) is 6. The molecule has 0 radical (unpaired) electrons. The first-order valence-corrected chi connectivity index (χ1v) is 8.70. The number of nitrogens with zero attached hydrogens (tertiary/aromatic N) is 1. The number of aryl methyl sites for hydroxylation is 1. The number of methoxy groups -OCH3 is 1. The lowest BCUT2D eigenvalue weighted by molar-refractivity contribution is -0.385. The number of hydrogen-bond donors (Lipinski definition) is 1. The molecule has 1 unspecified atom stereocenters. The number of H-pyrrole nitrogens is 1. The van der Waals surface area contributed by atoms with E-state index in [1.165, 1.54) is 13.2 Å². The monoisotopic (exact) mass is 362 g/mol. The Morgan fingerprint density at radius 3 is 2.96 bits per heavy atom. The highest BCUT2D eigenvalue weighted by molar-refractivity contribution is 6.07. The van der Waals surface area contributed by atoms with Crippen LogP contribution >= 0.6 is 0 Å². The van der Waals surface area contributed by atoms with Gasteiger partial charge in [0.15, 0.2) is 6.29 Å². The summed E-state index contributed by atoms with van der Waals surface area (Å²) in [5, 5.41) is 11.7. The quantitative estimate of drug-likeness (QED) is 0.351. The second-order valence-electron chi connectivity index (χ2n) is 6.23. The molecule has 1 N–H and O–H groups in total. The van der Waals surface area contributed by atoms with Crippen molar-refractivity contribution in [2.24, 2.45) is 0 Å². The minimum atomic E-state index is -0.717. The number of benzene rings is 1. The maximum Gasteiger partial charge on any atom is 0.345 e. The minimum Gasteiger partial charge on any atom is -0.465 e. The van der Waals surface area contributed by atoms with E-state index in [1.807, 2.05) is 0 Å². The zero-order chi connectivity index (χ0) is 18.5. The fraction of sp³-hybridized carbons (Fsp3) is 0.500. The van der Waals surface area contributed by atoms with Gasteiger partial charge in [-0.3, -0.25) is 10.1 Å². The topological polar surface area (TPSA) is 104 Å². The lowest BCUT2D eigenvalue weighted by atomic mass is 10.1. The van der Waals surface area contributed by atoms with Crippen LogP contribution in [0.2, 0.25) is 0 Å². The first kappa shape index (κ1) is 18.3. The van der Waals surface area contributed by atoms with E-state index in [-0.39, 0.29) is 17.5 Å². The second kappa shape index (κ2) is 8.29. The van der Waals surface area contributed by atoms with Crippen LogP contribution in [0, 0.1) is 10.1 Å². The molecule has 1 atom stereocenters. The molecular weight excluding hydrogens is 340 g/mol. The van der Waals surface area contributed by atoms with E-state index >= 15 is 0 Å². The van der Waals surface area contributed by atoms with Crippen LogP contribution in [0.3, 0.4) is 0 Å². The highest BCUT2D eigenvalue weighted by Crippen LogP contribution is 2.29. The van der Waals surface area contributed by atoms with Gasteiger partial charge in [-0.2, -0.15) is 0 Å². The van der Waals surface area contributed by atoms with Gasteiger partial charge in [0.1, 0.15) is 5.56 Å². The maximum absolute atomic E-state index is 12.0. The van der Waals surface area contributed by atoms with E-state index in [4.69, 9.17) is 14.2 Å². The number of aromatic amines is 1. The zero-order valence-electron chi connectivity index (χ0n) is 14.7. The average Bonchev–Trinajstić information content (AvgIpc) is 3.07. The first-order valence-electron chi connectivity index (χ1n) is 8.70. The summed E-state index contributed by atoms with van der Waals surface area (Å²) >= 11 is 0. The fourth-order valence-electron chi connectivity index (χ4n) is 3.17. The van der Waals surface area contributed by atoms with E-state index < -0.39 is 10.9 Å². The molecule has 140 valence electrons. The number of rotatable bonds is 7. The Bertz CT molecular complexity index is 794. The molecule has 1 aliphatic rings. The molecule has 0 amide bonds. The van der Waals surface area contributed by atoms with E-state index in [0.717, 1.165) is 38.0 Å². The van der Waals surface area contributed by atoms with Gasteiger partial charge in [0.05, 0.1) is 18.6 Å². The minimum absolute atomic E-state index is 0.0237. The van der Waals surface area contributed by atoms with Gasteiger partial charge in [0, 0.05) is 29.3 Å². The third kappa shape index (κ3) is 4.03. The summed E-state index contributed by atoms with van der Waals surface area (Å²) in [5.41, 5.74) is 1.28. The summed E-state index contributed by atoms with van der Waals surface area (Å²) in [6.07, 6.45) is 4.52. The van der Waals surface area contributed by atoms with Crippen molar-refractivity contribution < 1.29 is 23.9 Å². The molecule has 1 fully saturated rings. The van der Waals surface area contributed by atoms with Crippen molar-refractivity contribution in [2.75, 3.05) is 20.3 Å². The number of nitrogens with one attached hydrogen (secondary N) is 1. The van der Waals surface area contributed by atoms with E-state index in [2.05, 4.69) is 4.98 Å². The van der Waals surface area contributed by atoms with Gasteiger partial charge in [-0.15, -0.1) is 0 Å². The standard InChI is InChI=1S/C18H22N2O6/c1-24-18(21)17-13-11-12(19-14(13)7-8-15(17)20(22)23)5-4-10-26-16-6-2-3-9-25-16/h7-8,11,16,19H,2-6,9-10H2,1H3. The predicted molar refractivity (Wildman–Crippen MR) is 94.2 cm³/mol. The van der Waals surface area contributed by atoms with Gasteiger partial charge in [-0.05, 0) is 44.2 Å². The normalized spacial score (nSPS) is 17.3. The number of aromatic nitrogens is 1. The largest absolute Gasteiger partial charge is 0.465 e. The molecular formula is C18H22N2O6. The Balaban J connectivity index is 1.70. The smallest absolute Gasteiger partial charge is 0.345 e. The summed E-state index contributed by atoms with van der Waals surface area (Å²) < 4.78 is 16.0. The molecule has 26 heavy (non-hydrogen) atoms. The SMILES string of the molecule is COC(=O)c1c([N+](=O)[O-])ccc2[nH]c(CCCOC3CCCCO3)cc12. The lowest BCUT2D eigenvalue weighted by Gasteiger charge is -2.22. The maximum atomic E-state index is 12.0. The molecule has 0 spiro atoms. The third-order valence-corrected chi connectivity index (χ3v) is 4.46. The second-order valence-corrected chi connectivity index (χ2v) is 6.23. The van der Waals surface area contributed by atoms with Crippen molar-refractivity contribution in [3.63, 3.8) is 0 Å². The fourth-order valence-corrected chi connectivity index (χ4v) is 3.17. The molecule has 0 saturated carbocycles. The summed E-state index contributed by atoms with van der Waals surface area (Å²) in [4.78, 5) is 25.9. The van der Waals surface area contributed by atoms with Crippen LogP contribution < -0.4 is 0 Å². The van der Waals surface area contributed by atoms with Gasteiger partial charge in [0.25, 0.3) is 5.69 Å². The van der Waals surface area contributed by atoms with Crippen LogP contribution in [0.5, 0.6) is 0 Å². The van der Waals surface area contributed by atoms with Crippen molar-refractivity contribution in [3.05, 3.63) is 39.6 Å². The van der Waals surface area contributed by atoms with E-state index in [1.54, 1.807) is 12.1 Å². The Kier molecular flexibility index (Phi) is 5.85. The molecule has 0 aliphatic carbocycles. The number of carbonyl (C=O) groups excluding carboxylic acids is 1. The highest BCUT2D eigenvalue weighted by Gasteiger charge is 2.25. The molecule has 1 aliphatic heterocycles. The number of nitro benzene ring substituents is 1. The highest BCUT2D eigenvalue weighted by atomic mass is 16.7. The molecule has 3 rings (SSSR count). The number of carbonyl (C=O) groups is 1. The van der Waals surface area contributed by atoms with Crippen LogP contribution in [0.4, 0.5) is 5.69 Å². The van der Waals surface area contributed by atoms with E-state index in [0.29, 0.717) is 23.9 Å². The summed E-state index contributed by atoms with van der Waals surface area (Å²) in [6.45, 7) is 1.33. The molecule has 0 bridgehead atoms. The summed E-state index contributed by atoms with van der Waals surface area (Å²) in [6, 6.07) is 4.69. The van der Waals surface area contributed by atoms with Crippen LogP contribution in [-0.2, 0) is 20.6 Å². The first-order chi connectivity index (χ1) is 12.6. The van der Waals surface area contributed by atoms with Crippen molar-refractivity contribution in [1.29, 1.82) is 0 Å². The lowest BCUT2D eigenvalue weighted by Crippen LogP contribution is -2.22. The molecule has 1 aromatic heterocycles. The predicted octanol–water partition coefficient (Wildman–Crippen LogP) is 3.34. The van der Waals surface area contributed by atoms with Gasteiger partial charge >= 0.3 is 5.97 Å².